The Bertz CT molecular complexity index is 588. The molecule has 0 amide bonds. The summed E-state index contributed by atoms with van der Waals surface area (Å²) in [5, 5.41) is 4.02. The summed E-state index contributed by atoms with van der Waals surface area (Å²) < 4.78 is 5.75. The van der Waals surface area contributed by atoms with E-state index in [-0.39, 0.29) is 6.04 Å². The maximum absolute atomic E-state index is 5.92. The zero-order valence-electron chi connectivity index (χ0n) is 10.6. The van der Waals surface area contributed by atoms with Crippen LogP contribution in [0.4, 0.5) is 5.69 Å². The topological polar surface area (TPSA) is 34.1 Å². The van der Waals surface area contributed by atoms with Crippen LogP contribution in [0.1, 0.15) is 18.5 Å². The maximum Gasteiger partial charge on any atom is 0.131 e. The van der Waals surface area contributed by atoms with Crippen molar-refractivity contribution in [2.24, 2.45) is 5.92 Å². The molecule has 0 fully saturated rings. The van der Waals surface area contributed by atoms with E-state index in [9.17, 15) is 0 Å². The fourth-order valence-corrected chi connectivity index (χ4v) is 2.56. The third kappa shape index (κ3) is 2.51. The molecule has 0 bridgehead atoms. The zero-order chi connectivity index (χ0) is 13.2. The molecule has 98 valence electrons. The van der Waals surface area contributed by atoms with Gasteiger partial charge < -0.3 is 10.1 Å². The van der Waals surface area contributed by atoms with Crippen molar-refractivity contribution in [1.29, 1.82) is 0 Å². The van der Waals surface area contributed by atoms with Crippen LogP contribution in [0, 0.1) is 5.92 Å². The van der Waals surface area contributed by atoms with Gasteiger partial charge in [0.2, 0.25) is 0 Å². The van der Waals surface area contributed by atoms with Crippen LogP contribution in [0.15, 0.2) is 42.6 Å². The highest BCUT2D eigenvalue weighted by atomic mass is 35.5. The van der Waals surface area contributed by atoms with Crippen molar-refractivity contribution in [2.45, 2.75) is 13.0 Å². The van der Waals surface area contributed by atoms with Gasteiger partial charge in [-0.3, -0.25) is 0 Å². The summed E-state index contributed by atoms with van der Waals surface area (Å²) in [6.07, 6.45) is 1.71. The van der Waals surface area contributed by atoms with E-state index in [4.69, 9.17) is 16.3 Å². The van der Waals surface area contributed by atoms with Crippen LogP contribution in [-0.4, -0.2) is 11.6 Å². The highest BCUT2D eigenvalue weighted by Gasteiger charge is 2.27. The number of halogens is 1. The van der Waals surface area contributed by atoms with Gasteiger partial charge in [0.25, 0.3) is 0 Å². The maximum atomic E-state index is 5.92. The van der Waals surface area contributed by atoms with E-state index in [1.54, 1.807) is 6.20 Å². The summed E-state index contributed by atoms with van der Waals surface area (Å²) in [6.45, 7) is 2.89. The Morgan fingerprint density at radius 3 is 3.00 bits per heavy atom. The molecular weight excluding hydrogens is 260 g/mol. The number of nitrogens with one attached hydrogen (secondary N) is 1. The van der Waals surface area contributed by atoms with E-state index < -0.39 is 0 Å². The number of hydrogen-bond acceptors (Lipinski definition) is 3. The van der Waals surface area contributed by atoms with Gasteiger partial charge in [-0.05, 0) is 18.2 Å². The molecule has 2 heterocycles. The lowest BCUT2D eigenvalue weighted by Crippen LogP contribution is -2.28. The summed E-state index contributed by atoms with van der Waals surface area (Å²) in [7, 11) is 0. The van der Waals surface area contributed by atoms with Crippen molar-refractivity contribution in [1.82, 2.24) is 4.98 Å². The van der Waals surface area contributed by atoms with Gasteiger partial charge in [-0.25, -0.2) is 4.98 Å². The van der Waals surface area contributed by atoms with Crippen LogP contribution in [0.5, 0.6) is 5.75 Å². The Labute approximate surface area is 117 Å². The number of aromatic nitrogens is 1. The number of anilines is 1. The lowest BCUT2D eigenvalue weighted by Gasteiger charge is -2.32. The van der Waals surface area contributed by atoms with Gasteiger partial charge in [-0.1, -0.05) is 36.7 Å². The molecule has 1 aliphatic rings. The second-order valence-corrected chi connectivity index (χ2v) is 5.20. The number of fused-ring (bicyclic) bond motifs is 1. The van der Waals surface area contributed by atoms with Crippen molar-refractivity contribution in [3.8, 4) is 5.75 Å². The molecule has 1 aromatic carbocycles. The minimum atomic E-state index is 0.225. The molecule has 0 radical (unpaired) electrons. The fraction of sp³-hybridized carbons (Fsp3) is 0.267. The van der Waals surface area contributed by atoms with Crippen LogP contribution < -0.4 is 10.1 Å². The second kappa shape index (κ2) is 5.10. The Morgan fingerprint density at radius 1 is 1.32 bits per heavy atom. The van der Waals surface area contributed by atoms with Crippen LogP contribution in [0.25, 0.3) is 0 Å². The Kier molecular flexibility index (Phi) is 3.30. The number of hydrogen-bond donors (Lipinski definition) is 1. The highest BCUT2D eigenvalue weighted by Crippen LogP contribution is 2.37. The summed E-state index contributed by atoms with van der Waals surface area (Å²) in [4.78, 5) is 4.00. The predicted octanol–water partition coefficient (Wildman–Crippen LogP) is 3.92. The van der Waals surface area contributed by atoms with E-state index in [1.165, 1.54) is 5.56 Å². The number of rotatable bonds is 2. The van der Waals surface area contributed by atoms with Gasteiger partial charge in [0.05, 0.1) is 12.6 Å². The Hall–Kier alpha value is -1.74. The van der Waals surface area contributed by atoms with Crippen molar-refractivity contribution < 1.29 is 4.74 Å². The lowest BCUT2D eigenvalue weighted by molar-refractivity contribution is 0.214. The highest BCUT2D eigenvalue weighted by molar-refractivity contribution is 6.29. The van der Waals surface area contributed by atoms with Crippen LogP contribution in [-0.2, 0) is 0 Å². The standard InChI is InChI=1S/C15H15ClN2O/c1-10-9-19-13-5-3-2-4-12(13)15(10)18-11-6-7-17-14(16)8-11/h2-8,10,15H,9H2,1H3,(H,17,18). The Morgan fingerprint density at radius 2 is 2.16 bits per heavy atom. The molecule has 4 heteroatoms. The van der Waals surface area contributed by atoms with Crippen LogP contribution >= 0.6 is 11.6 Å². The molecule has 2 unspecified atom stereocenters. The first-order valence-electron chi connectivity index (χ1n) is 6.34. The van der Waals surface area contributed by atoms with Gasteiger partial charge in [-0.15, -0.1) is 0 Å². The van der Waals surface area contributed by atoms with E-state index in [0.29, 0.717) is 17.7 Å². The predicted molar refractivity (Wildman–Crippen MR) is 76.7 cm³/mol. The molecule has 3 nitrogen and oxygen atoms in total. The minimum absolute atomic E-state index is 0.225. The molecule has 19 heavy (non-hydrogen) atoms. The molecule has 0 saturated carbocycles. The number of ether oxygens (including phenoxy) is 1. The third-order valence-corrected chi connectivity index (χ3v) is 3.58. The summed E-state index contributed by atoms with van der Waals surface area (Å²) >= 11 is 5.92. The van der Waals surface area contributed by atoms with E-state index in [0.717, 1.165) is 11.4 Å². The molecule has 0 saturated heterocycles. The normalized spacial score (nSPS) is 21.4. The molecule has 0 spiro atoms. The molecule has 2 atom stereocenters. The monoisotopic (exact) mass is 274 g/mol. The van der Waals surface area contributed by atoms with E-state index >= 15 is 0 Å². The largest absolute Gasteiger partial charge is 0.493 e. The number of nitrogens with zero attached hydrogens (tertiary/aromatic N) is 1. The first-order chi connectivity index (χ1) is 9.24. The second-order valence-electron chi connectivity index (χ2n) is 4.82. The Balaban J connectivity index is 1.91. The summed E-state index contributed by atoms with van der Waals surface area (Å²) in [6, 6.07) is 12.1. The number of benzene rings is 1. The molecule has 3 rings (SSSR count). The molecule has 0 aliphatic carbocycles. The summed E-state index contributed by atoms with van der Waals surface area (Å²) in [5.41, 5.74) is 2.17. The quantitative estimate of drug-likeness (QED) is 0.843. The lowest BCUT2D eigenvalue weighted by atomic mass is 9.92. The van der Waals surface area contributed by atoms with Crippen molar-refractivity contribution in [2.75, 3.05) is 11.9 Å². The molecule has 1 aliphatic heterocycles. The smallest absolute Gasteiger partial charge is 0.131 e. The van der Waals surface area contributed by atoms with Crippen molar-refractivity contribution >= 4 is 17.3 Å². The molecule has 2 aromatic rings. The van der Waals surface area contributed by atoms with Gasteiger partial charge in [-0.2, -0.15) is 0 Å². The molecule has 1 N–H and O–H groups in total. The number of para-hydroxylation sites is 1. The van der Waals surface area contributed by atoms with Crippen molar-refractivity contribution in [3.63, 3.8) is 0 Å². The van der Waals surface area contributed by atoms with Crippen LogP contribution in [0.2, 0.25) is 5.15 Å². The van der Waals surface area contributed by atoms with Crippen LogP contribution in [0.3, 0.4) is 0 Å². The van der Waals surface area contributed by atoms with E-state index in [1.807, 2.05) is 30.3 Å². The van der Waals surface area contributed by atoms with Gasteiger partial charge in [0, 0.05) is 23.4 Å². The van der Waals surface area contributed by atoms with Crippen molar-refractivity contribution in [3.05, 3.63) is 53.3 Å². The van der Waals surface area contributed by atoms with Gasteiger partial charge in [0.15, 0.2) is 0 Å². The van der Waals surface area contributed by atoms with Gasteiger partial charge in [0.1, 0.15) is 10.9 Å². The zero-order valence-corrected chi connectivity index (χ0v) is 11.4. The number of pyridine rings is 1. The SMILES string of the molecule is CC1COc2ccccc2C1Nc1ccnc(Cl)c1. The minimum Gasteiger partial charge on any atom is -0.493 e. The molecular formula is C15H15ClN2O. The first kappa shape index (κ1) is 12.3. The third-order valence-electron chi connectivity index (χ3n) is 3.37. The average molecular weight is 275 g/mol. The summed E-state index contributed by atoms with van der Waals surface area (Å²) in [5.74, 6) is 1.35. The fourth-order valence-electron chi connectivity index (χ4n) is 2.38. The van der Waals surface area contributed by atoms with Gasteiger partial charge >= 0.3 is 0 Å². The average Bonchev–Trinajstić information content (AvgIpc) is 2.42. The van der Waals surface area contributed by atoms with E-state index in [2.05, 4.69) is 23.3 Å². The molecule has 1 aromatic heterocycles. The first-order valence-corrected chi connectivity index (χ1v) is 6.71.